The summed E-state index contributed by atoms with van der Waals surface area (Å²) in [6.45, 7) is 3.30. The van der Waals surface area contributed by atoms with Gasteiger partial charge in [-0.1, -0.05) is 0 Å². The minimum atomic E-state index is -1.32. The van der Waals surface area contributed by atoms with Gasteiger partial charge < -0.3 is 10.2 Å². The van der Waals surface area contributed by atoms with Crippen LogP contribution in [0.3, 0.4) is 0 Å². The molecule has 1 aliphatic heterocycles. The SMILES string of the molecule is C[P@@]1(I)=NCC(CO)(CO)CN1. The van der Waals surface area contributed by atoms with Gasteiger partial charge in [-0.05, 0) is 28.7 Å². The number of aliphatic hydroxyl groups is 2. The molecule has 0 saturated heterocycles. The van der Waals surface area contributed by atoms with E-state index in [2.05, 4.69) is 38.5 Å². The Morgan fingerprint density at radius 2 is 2.17 bits per heavy atom. The van der Waals surface area contributed by atoms with Crippen molar-refractivity contribution < 1.29 is 10.2 Å². The number of hydrogen-bond acceptors (Lipinski definition) is 4. The van der Waals surface area contributed by atoms with Crippen LogP contribution in [0.15, 0.2) is 4.74 Å². The fourth-order valence-corrected chi connectivity index (χ4v) is 3.22. The van der Waals surface area contributed by atoms with Gasteiger partial charge in [-0.3, -0.25) is 9.83 Å². The van der Waals surface area contributed by atoms with Gasteiger partial charge in [0, 0.05) is 12.0 Å². The summed E-state index contributed by atoms with van der Waals surface area (Å²) in [5, 5.41) is 21.4. The Labute approximate surface area is 85.3 Å². The van der Waals surface area contributed by atoms with Crippen LogP contribution in [0.4, 0.5) is 0 Å². The molecule has 1 aliphatic rings. The molecule has 72 valence electrons. The first-order valence-corrected chi connectivity index (χ1v) is 8.73. The predicted octanol–water partition coefficient (Wildman–Crippen LogP) is 0.657. The highest BCUT2D eigenvalue weighted by atomic mass is 127. The quantitative estimate of drug-likeness (QED) is 0.519. The molecule has 0 aromatic carbocycles. The summed E-state index contributed by atoms with van der Waals surface area (Å²) in [4.78, 5) is -1.32. The van der Waals surface area contributed by atoms with E-state index in [0.717, 1.165) is 0 Å². The van der Waals surface area contributed by atoms with Crippen LogP contribution in [-0.2, 0) is 0 Å². The minimum Gasteiger partial charge on any atom is -0.396 e. The van der Waals surface area contributed by atoms with Gasteiger partial charge in [-0.25, -0.2) is 0 Å². The van der Waals surface area contributed by atoms with E-state index < -0.39 is 10.3 Å². The first-order valence-electron chi connectivity index (χ1n) is 3.76. The Morgan fingerprint density at radius 1 is 1.58 bits per heavy atom. The normalized spacial score (nSPS) is 34.3. The van der Waals surface area contributed by atoms with Gasteiger partial charge in [-0.15, -0.1) is 0 Å². The zero-order valence-electron chi connectivity index (χ0n) is 7.00. The third-order valence-corrected chi connectivity index (χ3v) is 5.43. The van der Waals surface area contributed by atoms with Gasteiger partial charge >= 0.3 is 0 Å². The van der Waals surface area contributed by atoms with Gasteiger partial charge in [0.2, 0.25) is 0 Å². The maximum atomic E-state index is 9.06. The Bertz CT molecular complexity index is 212. The molecule has 1 rings (SSSR count). The van der Waals surface area contributed by atoms with Crippen LogP contribution in [0.2, 0.25) is 0 Å². The molecule has 0 radical (unpaired) electrons. The Kier molecular flexibility index (Phi) is 3.57. The molecular weight excluding hydrogens is 290 g/mol. The first kappa shape index (κ1) is 10.9. The number of nitrogens with one attached hydrogen (secondary N) is 1. The molecule has 0 amide bonds. The van der Waals surface area contributed by atoms with Crippen molar-refractivity contribution in [2.75, 3.05) is 33.0 Å². The second-order valence-electron chi connectivity index (χ2n) is 3.30. The highest BCUT2D eigenvalue weighted by Gasteiger charge is 2.33. The standard InChI is InChI=1S/C6H14IN2O2P/c1-12(7)8-2-6(4-10,5-11)3-9-12/h8,10-11H,2-5H2,1H3/t12-/m0/s1. The lowest BCUT2D eigenvalue weighted by molar-refractivity contribution is 0.0646. The smallest absolute Gasteiger partial charge is 0.0841 e. The number of aliphatic hydroxyl groups excluding tert-OH is 2. The second kappa shape index (κ2) is 3.92. The Hall–Kier alpha value is 0.840. The summed E-state index contributed by atoms with van der Waals surface area (Å²) < 4.78 is 4.42. The Balaban J connectivity index is 2.72. The fourth-order valence-electron chi connectivity index (χ4n) is 0.962. The lowest BCUT2D eigenvalue weighted by Crippen LogP contribution is -2.44. The van der Waals surface area contributed by atoms with E-state index in [1.807, 2.05) is 0 Å². The maximum Gasteiger partial charge on any atom is 0.0841 e. The summed E-state index contributed by atoms with van der Waals surface area (Å²) >= 11 is 2.31. The van der Waals surface area contributed by atoms with E-state index >= 15 is 0 Å². The average molecular weight is 304 g/mol. The molecule has 0 spiro atoms. The van der Waals surface area contributed by atoms with Crippen molar-refractivity contribution >= 4 is 26.9 Å². The van der Waals surface area contributed by atoms with Gasteiger partial charge in [0.15, 0.2) is 0 Å². The van der Waals surface area contributed by atoms with Crippen molar-refractivity contribution in [1.29, 1.82) is 0 Å². The van der Waals surface area contributed by atoms with Crippen LogP contribution in [0, 0.1) is 5.41 Å². The second-order valence-corrected chi connectivity index (χ2v) is 11.2. The van der Waals surface area contributed by atoms with Crippen molar-refractivity contribution in [1.82, 2.24) is 5.09 Å². The lowest BCUT2D eigenvalue weighted by Gasteiger charge is -2.35. The monoisotopic (exact) mass is 304 g/mol. The third kappa shape index (κ3) is 2.42. The van der Waals surface area contributed by atoms with E-state index in [0.29, 0.717) is 13.1 Å². The summed E-state index contributed by atoms with van der Waals surface area (Å²) in [5.41, 5.74) is -0.426. The summed E-state index contributed by atoms with van der Waals surface area (Å²) in [6.07, 6.45) is 0. The average Bonchev–Trinajstić information content (AvgIpc) is 2.06. The summed E-state index contributed by atoms with van der Waals surface area (Å²) in [5.74, 6) is 0. The van der Waals surface area contributed by atoms with Gasteiger partial charge in [0.05, 0.1) is 24.6 Å². The van der Waals surface area contributed by atoms with Crippen molar-refractivity contribution in [3.63, 3.8) is 0 Å². The zero-order valence-corrected chi connectivity index (χ0v) is 10.0. The summed E-state index contributed by atoms with van der Waals surface area (Å²) in [7, 11) is 0. The molecule has 0 unspecified atom stereocenters. The van der Waals surface area contributed by atoms with Gasteiger partial charge in [0.1, 0.15) is 0 Å². The van der Waals surface area contributed by atoms with Crippen LogP contribution in [0.1, 0.15) is 0 Å². The van der Waals surface area contributed by atoms with Crippen LogP contribution in [-0.4, -0.2) is 43.2 Å². The van der Waals surface area contributed by atoms with E-state index in [4.69, 9.17) is 10.2 Å². The van der Waals surface area contributed by atoms with E-state index in [1.54, 1.807) is 0 Å². The molecule has 0 aliphatic carbocycles. The molecule has 1 atom stereocenters. The van der Waals surface area contributed by atoms with Crippen LogP contribution in [0.5, 0.6) is 0 Å². The number of nitrogens with zero attached hydrogens (tertiary/aromatic N) is 1. The minimum absolute atomic E-state index is 0.00333. The van der Waals surface area contributed by atoms with Crippen LogP contribution < -0.4 is 5.09 Å². The molecule has 1 heterocycles. The molecule has 0 fully saturated rings. The highest BCUT2D eigenvalue weighted by Crippen LogP contribution is 2.53. The largest absolute Gasteiger partial charge is 0.396 e. The van der Waals surface area contributed by atoms with Crippen molar-refractivity contribution in [2.45, 2.75) is 0 Å². The van der Waals surface area contributed by atoms with Crippen molar-refractivity contribution in [3.05, 3.63) is 0 Å². The molecule has 6 heteroatoms. The topological polar surface area (TPSA) is 64.9 Å². The molecule has 0 saturated carbocycles. The number of hydrogen-bond donors (Lipinski definition) is 3. The molecule has 3 N–H and O–H groups in total. The molecule has 12 heavy (non-hydrogen) atoms. The number of halogens is 1. The van der Waals surface area contributed by atoms with Gasteiger partial charge in [-0.2, -0.15) is 0 Å². The molecule has 0 aromatic rings. The summed E-state index contributed by atoms with van der Waals surface area (Å²) in [6, 6.07) is 0. The fraction of sp³-hybridized carbons (Fsp3) is 1.00. The molecular formula is C6H14IN2O2P. The zero-order chi connectivity index (χ0) is 9.24. The third-order valence-electron chi connectivity index (χ3n) is 2.09. The van der Waals surface area contributed by atoms with Gasteiger partial charge in [0.25, 0.3) is 0 Å². The molecule has 0 aromatic heterocycles. The number of rotatable bonds is 2. The van der Waals surface area contributed by atoms with Crippen LogP contribution in [0.25, 0.3) is 0 Å². The van der Waals surface area contributed by atoms with Crippen LogP contribution >= 0.6 is 26.9 Å². The molecule has 4 nitrogen and oxygen atoms in total. The van der Waals surface area contributed by atoms with E-state index in [-0.39, 0.29) is 13.2 Å². The maximum absolute atomic E-state index is 9.06. The van der Waals surface area contributed by atoms with Crippen molar-refractivity contribution in [3.8, 4) is 0 Å². The van der Waals surface area contributed by atoms with Crippen molar-refractivity contribution in [2.24, 2.45) is 10.2 Å². The lowest BCUT2D eigenvalue weighted by atomic mass is 9.91. The Morgan fingerprint density at radius 3 is 2.50 bits per heavy atom. The first-order chi connectivity index (χ1) is 5.54. The van der Waals surface area contributed by atoms with E-state index in [1.165, 1.54) is 0 Å². The highest BCUT2D eigenvalue weighted by molar-refractivity contribution is 14.2. The van der Waals surface area contributed by atoms with E-state index in [9.17, 15) is 0 Å². The molecule has 0 bridgehead atoms. The predicted molar refractivity (Wildman–Crippen MR) is 58.8 cm³/mol.